The maximum Gasteiger partial charge on any atom is 0.303 e. The molecule has 17 heavy (non-hydrogen) atoms. The normalized spacial score (nSPS) is 12.6. The van der Waals surface area contributed by atoms with Crippen molar-refractivity contribution in [1.82, 2.24) is 0 Å². The van der Waals surface area contributed by atoms with Gasteiger partial charge in [0.25, 0.3) is 0 Å². The van der Waals surface area contributed by atoms with E-state index in [4.69, 9.17) is 5.11 Å². The van der Waals surface area contributed by atoms with Crippen LogP contribution < -0.4 is 0 Å². The molecule has 1 atom stereocenters. The largest absolute Gasteiger partial charge is 0.481 e. The Morgan fingerprint density at radius 3 is 2.06 bits per heavy atom. The number of hydrogen-bond donors (Lipinski definition) is 1. The molecule has 0 rings (SSSR count). The van der Waals surface area contributed by atoms with Crippen LogP contribution in [-0.4, -0.2) is 17.2 Å². The van der Waals surface area contributed by atoms with Crippen molar-refractivity contribution in [3.63, 3.8) is 0 Å². The summed E-state index contributed by atoms with van der Waals surface area (Å²) in [7, 11) is 0. The molecule has 101 valence electrons. The molecule has 1 N–H and O–H groups in total. The average molecular weight is 243 g/mol. The Morgan fingerprint density at radius 2 is 1.47 bits per heavy atom. The predicted molar refractivity (Wildman–Crippen MR) is 68.6 cm³/mol. The van der Waals surface area contributed by atoms with Crippen molar-refractivity contribution in [2.45, 2.75) is 83.7 Å². The molecule has 0 fully saturated rings. The van der Waals surface area contributed by atoms with Gasteiger partial charge in [-0.2, -0.15) is 0 Å². The number of rotatable bonds is 12. The summed E-state index contributed by atoms with van der Waals surface area (Å²) in [5.41, 5.74) is 0. The second-order valence-corrected chi connectivity index (χ2v) is 4.82. The molecule has 0 aromatic heterocycles. The van der Waals surface area contributed by atoms with E-state index in [2.05, 4.69) is 6.92 Å². The zero-order chi connectivity index (χ0) is 12.9. The standard InChI is InChI=1S/C14H27O3/c1-2-3-7-10-13(15)11-8-5-4-6-9-12-14(16)17/h13H,2-12H2,1H3,(H,16,17)/t13-/m1/s1. The van der Waals surface area contributed by atoms with Gasteiger partial charge in [-0.15, -0.1) is 0 Å². The first-order valence-corrected chi connectivity index (χ1v) is 7.04. The van der Waals surface area contributed by atoms with Crippen molar-refractivity contribution in [3.8, 4) is 0 Å². The maximum absolute atomic E-state index is 11.5. The molecule has 1 radical (unpaired) electrons. The van der Waals surface area contributed by atoms with E-state index in [0.29, 0.717) is 0 Å². The third kappa shape index (κ3) is 13.4. The first-order chi connectivity index (χ1) is 8.16. The van der Waals surface area contributed by atoms with E-state index in [0.717, 1.165) is 51.4 Å². The van der Waals surface area contributed by atoms with E-state index in [9.17, 15) is 9.90 Å². The molecule has 0 aliphatic rings. The van der Waals surface area contributed by atoms with E-state index < -0.39 is 5.97 Å². The fourth-order valence-corrected chi connectivity index (χ4v) is 1.94. The second kappa shape index (κ2) is 11.9. The number of carboxylic acid groups (broad SMARTS) is 1. The predicted octanol–water partition coefficient (Wildman–Crippen LogP) is 4.18. The number of carbonyl (C=O) groups is 1. The number of carboxylic acids is 1. The lowest BCUT2D eigenvalue weighted by molar-refractivity contribution is -0.137. The summed E-state index contributed by atoms with van der Waals surface area (Å²) in [6.45, 7) is 2.15. The van der Waals surface area contributed by atoms with Gasteiger partial charge in [-0.3, -0.25) is 4.79 Å². The average Bonchev–Trinajstić information content (AvgIpc) is 2.28. The van der Waals surface area contributed by atoms with Crippen molar-refractivity contribution in [2.75, 3.05) is 0 Å². The van der Waals surface area contributed by atoms with Crippen LogP contribution >= 0.6 is 0 Å². The minimum Gasteiger partial charge on any atom is -0.481 e. The fourth-order valence-electron chi connectivity index (χ4n) is 1.94. The van der Waals surface area contributed by atoms with Gasteiger partial charge in [0, 0.05) is 6.42 Å². The van der Waals surface area contributed by atoms with Gasteiger partial charge in [-0.05, 0) is 19.3 Å². The van der Waals surface area contributed by atoms with Crippen molar-refractivity contribution < 1.29 is 15.0 Å². The minimum absolute atomic E-state index is 0.279. The monoisotopic (exact) mass is 243 g/mol. The summed E-state index contributed by atoms with van der Waals surface area (Å²) in [6.07, 6.45) is 9.84. The van der Waals surface area contributed by atoms with Gasteiger partial charge >= 0.3 is 5.97 Å². The van der Waals surface area contributed by atoms with Gasteiger partial charge in [-0.25, -0.2) is 5.11 Å². The van der Waals surface area contributed by atoms with E-state index in [1.165, 1.54) is 12.8 Å². The third-order valence-corrected chi connectivity index (χ3v) is 3.05. The smallest absolute Gasteiger partial charge is 0.303 e. The molecule has 0 aliphatic carbocycles. The third-order valence-electron chi connectivity index (χ3n) is 3.05. The molecule has 0 saturated heterocycles. The molecule has 0 heterocycles. The van der Waals surface area contributed by atoms with Gasteiger partial charge in [0.1, 0.15) is 0 Å². The van der Waals surface area contributed by atoms with E-state index >= 15 is 0 Å². The number of unbranched alkanes of at least 4 members (excludes halogenated alkanes) is 6. The molecule has 0 amide bonds. The van der Waals surface area contributed by atoms with E-state index in [1.54, 1.807) is 0 Å². The van der Waals surface area contributed by atoms with E-state index in [-0.39, 0.29) is 12.5 Å². The van der Waals surface area contributed by atoms with Gasteiger partial charge in [-0.1, -0.05) is 51.9 Å². The summed E-state index contributed by atoms with van der Waals surface area (Å²) in [6, 6.07) is 0. The van der Waals surface area contributed by atoms with Crippen molar-refractivity contribution in [3.05, 3.63) is 0 Å². The van der Waals surface area contributed by atoms with Crippen LogP contribution in [0, 0.1) is 0 Å². The van der Waals surface area contributed by atoms with E-state index in [1.807, 2.05) is 0 Å². The summed E-state index contributed by atoms with van der Waals surface area (Å²) in [5.74, 6) is -0.708. The molecule has 3 nitrogen and oxygen atoms in total. The van der Waals surface area contributed by atoms with Crippen LogP contribution in [0.4, 0.5) is 0 Å². The summed E-state index contributed by atoms with van der Waals surface area (Å²) in [5, 5.41) is 20.0. The minimum atomic E-state index is -0.708. The van der Waals surface area contributed by atoms with Gasteiger partial charge < -0.3 is 5.11 Å². The second-order valence-electron chi connectivity index (χ2n) is 4.82. The Morgan fingerprint density at radius 1 is 0.941 bits per heavy atom. The summed E-state index contributed by atoms with van der Waals surface area (Å²) >= 11 is 0. The van der Waals surface area contributed by atoms with Crippen LogP contribution in [0.5, 0.6) is 0 Å². The van der Waals surface area contributed by atoms with Crippen LogP contribution in [0.2, 0.25) is 0 Å². The molecule has 0 aliphatic heterocycles. The Labute approximate surface area is 105 Å². The highest BCUT2D eigenvalue weighted by molar-refractivity contribution is 5.66. The Balaban J connectivity index is 3.13. The molecule has 0 saturated carbocycles. The fraction of sp³-hybridized carbons (Fsp3) is 0.929. The van der Waals surface area contributed by atoms with Crippen molar-refractivity contribution >= 4 is 5.97 Å². The molecule has 0 aromatic carbocycles. The zero-order valence-electron chi connectivity index (χ0n) is 11.1. The highest BCUT2D eigenvalue weighted by atomic mass is 16.4. The van der Waals surface area contributed by atoms with Gasteiger partial charge in [0.05, 0.1) is 6.10 Å². The topological polar surface area (TPSA) is 57.2 Å². The highest BCUT2D eigenvalue weighted by Crippen LogP contribution is 2.12. The molecule has 0 aromatic rings. The van der Waals surface area contributed by atoms with Crippen LogP contribution in [0.15, 0.2) is 0 Å². The lowest BCUT2D eigenvalue weighted by atomic mass is 10.0. The maximum atomic E-state index is 11.5. The SMILES string of the molecule is CCCCC[C@@H]([O])CCCCCCCC(=O)O. The number of aliphatic carboxylic acids is 1. The summed E-state index contributed by atoms with van der Waals surface area (Å²) < 4.78 is 0. The molecular weight excluding hydrogens is 216 g/mol. The zero-order valence-corrected chi connectivity index (χ0v) is 11.1. The molecular formula is C14H27O3. The van der Waals surface area contributed by atoms with Gasteiger partial charge in [0.15, 0.2) is 0 Å². The Hall–Kier alpha value is -0.570. The van der Waals surface area contributed by atoms with Crippen LogP contribution in [0.3, 0.4) is 0 Å². The van der Waals surface area contributed by atoms with Crippen molar-refractivity contribution in [2.24, 2.45) is 0 Å². The van der Waals surface area contributed by atoms with Crippen LogP contribution in [0.25, 0.3) is 0 Å². The molecule has 3 heteroatoms. The van der Waals surface area contributed by atoms with Crippen LogP contribution in [0.1, 0.15) is 77.6 Å². The highest BCUT2D eigenvalue weighted by Gasteiger charge is 2.05. The van der Waals surface area contributed by atoms with Crippen LogP contribution in [-0.2, 0) is 9.90 Å². The first kappa shape index (κ1) is 16.4. The Kier molecular flexibility index (Phi) is 11.5. The number of hydrogen-bond acceptors (Lipinski definition) is 1. The van der Waals surface area contributed by atoms with Crippen molar-refractivity contribution in [1.29, 1.82) is 0 Å². The molecule has 0 bridgehead atoms. The molecule has 0 unspecified atom stereocenters. The van der Waals surface area contributed by atoms with Gasteiger partial charge in [0.2, 0.25) is 0 Å². The Bertz CT molecular complexity index is 180. The molecule has 0 spiro atoms. The summed E-state index contributed by atoms with van der Waals surface area (Å²) in [4.78, 5) is 10.3. The lowest BCUT2D eigenvalue weighted by Crippen LogP contribution is -2.03. The first-order valence-electron chi connectivity index (χ1n) is 7.04. The lowest BCUT2D eigenvalue weighted by Gasteiger charge is -2.07. The quantitative estimate of drug-likeness (QED) is 0.523.